The number of benzene rings is 2. The van der Waals surface area contributed by atoms with Crippen LogP contribution < -0.4 is 10.1 Å². The van der Waals surface area contributed by atoms with E-state index in [2.05, 4.69) is 5.32 Å². The summed E-state index contributed by atoms with van der Waals surface area (Å²) in [7, 11) is -5.70. The number of sulfonamides is 1. The van der Waals surface area contributed by atoms with E-state index in [1.807, 2.05) is 0 Å². The van der Waals surface area contributed by atoms with Gasteiger partial charge < -0.3 is 14.8 Å². The first-order valence-electron chi connectivity index (χ1n) is 9.91. The molecule has 11 heteroatoms. The van der Waals surface area contributed by atoms with Crippen molar-refractivity contribution in [3.05, 3.63) is 53.6 Å². The zero-order chi connectivity index (χ0) is 23.5. The van der Waals surface area contributed by atoms with E-state index in [0.29, 0.717) is 18.8 Å². The van der Waals surface area contributed by atoms with Gasteiger partial charge in [0.25, 0.3) is 5.91 Å². The Bertz CT molecular complexity index is 1190. The average Bonchev–Trinajstić information content (AvgIpc) is 2.78. The van der Waals surface area contributed by atoms with Crippen molar-refractivity contribution in [2.75, 3.05) is 39.7 Å². The lowest BCUT2D eigenvalue weighted by Crippen LogP contribution is -2.40. The highest BCUT2D eigenvalue weighted by Gasteiger charge is 2.28. The summed E-state index contributed by atoms with van der Waals surface area (Å²) in [6, 6.07) is 9.91. The maximum absolute atomic E-state index is 13.0. The second kappa shape index (κ2) is 9.57. The second-order valence-electron chi connectivity index (χ2n) is 7.41. The maximum atomic E-state index is 13.0. The van der Waals surface area contributed by atoms with Crippen molar-refractivity contribution in [1.82, 2.24) is 9.62 Å². The molecular weight excluding hydrogens is 456 g/mol. The molecule has 0 bridgehead atoms. The van der Waals surface area contributed by atoms with E-state index in [1.54, 1.807) is 19.1 Å². The number of nitrogens with zero attached hydrogens (tertiary/aromatic N) is 1. The van der Waals surface area contributed by atoms with Gasteiger partial charge in [-0.05, 0) is 42.8 Å². The highest BCUT2D eigenvalue weighted by Crippen LogP contribution is 2.26. The van der Waals surface area contributed by atoms with E-state index in [0.717, 1.165) is 6.26 Å². The molecule has 1 N–H and O–H groups in total. The van der Waals surface area contributed by atoms with Crippen LogP contribution in [0.3, 0.4) is 0 Å². The number of nitrogens with one attached hydrogen (secondary N) is 1. The topological polar surface area (TPSA) is 119 Å². The van der Waals surface area contributed by atoms with Gasteiger partial charge in [-0.15, -0.1) is 0 Å². The SMILES string of the molecule is COc1ccc(S(=O)(=O)N2CCOCC2)cc1C(=O)N[C@@H](C)c1ccc(S(C)(=O)=O)cc1. The van der Waals surface area contributed by atoms with Crippen LogP contribution in [-0.2, 0) is 24.6 Å². The van der Waals surface area contributed by atoms with Gasteiger partial charge in [0.2, 0.25) is 10.0 Å². The number of sulfone groups is 1. The fourth-order valence-corrected chi connectivity index (χ4v) is 5.39. The highest BCUT2D eigenvalue weighted by molar-refractivity contribution is 7.90. The van der Waals surface area contributed by atoms with Crippen LogP contribution in [0.25, 0.3) is 0 Å². The van der Waals surface area contributed by atoms with Gasteiger partial charge in [0.05, 0.1) is 41.7 Å². The van der Waals surface area contributed by atoms with Gasteiger partial charge in [-0.2, -0.15) is 4.31 Å². The van der Waals surface area contributed by atoms with Crippen molar-refractivity contribution in [2.45, 2.75) is 22.8 Å². The molecular formula is C21H26N2O7S2. The summed E-state index contributed by atoms with van der Waals surface area (Å²) in [5.74, 6) is -0.274. The molecule has 174 valence electrons. The van der Waals surface area contributed by atoms with Gasteiger partial charge >= 0.3 is 0 Å². The van der Waals surface area contributed by atoms with E-state index in [9.17, 15) is 21.6 Å². The van der Waals surface area contributed by atoms with Crippen molar-refractivity contribution < 1.29 is 31.1 Å². The largest absolute Gasteiger partial charge is 0.496 e. The minimum atomic E-state index is -3.78. The molecule has 1 fully saturated rings. The molecule has 0 aromatic heterocycles. The number of ether oxygens (including phenoxy) is 2. The van der Waals surface area contributed by atoms with Crippen LogP contribution in [0.1, 0.15) is 28.9 Å². The van der Waals surface area contributed by atoms with Crippen molar-refractivity contribution in [2.24, 2.45) is 0 Å². The summed E-state index contributed by atoms with van der Waals surface area (Å²) in [5, 5.41) is 2.81. The zero-order valence-electron chi connectivity index (χ0n) is 18.1. The van der Waals surface area contributed by atoms with Gasteiger partial charge in [0.1, 0.15) is 5.75 Å². The summed E-state index contributed by atoms with van der Waals surface area (Å²) >= 11 is 0. The Morgan fingerprint density at radius 3 is 2.19 bits per heavy atom. The van der Waals surface area contributed by atoms with Gasteiger partial charge in [-0.1, -0.05) is 12.1 Å². The lowest BCUT2D eigenvalue weighted by Gasteiger charge is -2.26. The third kappa shape index (κ3) is 5.29. The molecule has 0 aliphatic carbocycles. The van der Waals surface area contributed by atoms with Crippen LogP contribution in [0.5, 0.6) is 5.75 Å². The first-order chi connectivity index (χ1) is 15.0. The fraction of sp³-hybridized carbons (Fsp3) is 0.381. The normalized spacial score (nSPS) is 16.3. The number of carbonyl (C=O) groups is 1. The summed E-state index contributed by atoms with van der Waals surface area (Å²) in [5.41, 5.74) is 0.781. The molecule has 1 aliphatic heterocycles. The van der Waals surface area contributed by atoms with Crippen LogP contribution in [0, 0.1) is 0 Å². The number of morpholine rings is 1. The number of hydrogen-bond donors (Lipinski definition) is 1. The molecule has 1 amide bonds. The fourth-order valence-electron chi connectivity index (χ4n) is 3.32. The van der Waals surface area contributed by atoms with Crippen LogP contribution in [0.2, 0.25) is 0 Å². The molecule has 1 heterocycles. The molecule has 2 aromatic carbocycles. The number of amides is 1. The number of methoxy groups -OCH3 is 1. The molecule has 3 rings (SSSR count). The number of hydrogen-bond acceptors (Lipinski definition) is 7. The average molecular weight is 483 g/mol. The van der Waals surface area contributed by atoms with Crippen LogP contribution in [0.15, 0.2) is 52.3 Å². The zero-order valence-corrected chi connectivity index (χ0v) is 19.7. The molecule has 1 aliphatic rings. The first-order valence-corrected chi connectivity index (χ1v) is 13.2. The summed E-state index contributed by atoms with van der Waals surface area (Å²) < 4.78 is 61.0. The monoisotopic (exact) mass is 482 g/mol. The van der Waals surface area contributed by atoms with E-state index in [-0.39, 0.29) is 34.2 Å². The van der Waals surface area contributed by atoms with E-state index in [1.165, 1.54) is 41.7 Å². The molecule has 2 aromatic rings. The van der Waals surface area contributed by atoms with E-state index in [4.69, 9.17) is 9.47 Å². The molecule has 1 atom stereocenters. The van der Waals surface area contributed by atoms with Crippen molar-refractivity contribution in [3.63, 3.8) is 0 Å². The predicted octanol–water partition coefficient (Wildman–Crippen LogP) is 1.61. The Hall–Kier alpha value is -2.47. The molecule has 0 spiro atoms. The summed E-state index contributed by atoms with van der Waals surface area (Å²) in [6.45, 7) is 2.87. The maximum Gasteiger partial charge on any atom is 0.255 e. The Balaban J connectivity index is 1.84. The van der Waals surface area contributed by atoms with Crippen molar-refractivity contribution >= 4 is 25.8 Å². The molecule has 0 saturated carbocycles. The highest BCUT2D eigenvalue weighted by atomic mass is 32.2. The molecule has 9 nitrogen and oxygen atoms in total. The van der Waals surface area contributed by atoms with Gasteiger partial charge in [0.15, 0.2) is 9.84 Å². The Kier molecular flexibility index (Phi) is 7.23. The molecule has 32 heavy (non-hydrogen) atoms. The standard InChI is InChI=1S/C21H26N2O7S2/c1-15(16-4-6-17(7-5-16)31(3,25)26)22-21(24)19-14-18(8-9-20(19)29-2)32(27,28)23-10-12-30-13-11-23/h4-9,14-15H,10-13H2,1-3H3,(H,22,24)/t15-/m0/s1. The third-order valence-corrected chi connectivity index (χ3v) is 8.20. The van der Waals surface area contributed by atoms with E-state index < -0.39 is 31.8 Å². The molecule has 1 saturated heterocycles. The van der Waals surface area contributed by atoms with Gasteiger partial charge in [0, 0.05) is 19.3 Å². The van der Waals surface area contributed by atoms with Gasteiger partial charge in [-0.25, -0.2) is 16.8 Å². The van der Waals surface area contributed by atoms with Crippen molar-refractivity contribution in [3.8, 4) is 5.75 Å². The van der Waals surface area contributed by atoms with Crippen molar-refractivity contribution in [1.29, 1.82) is 0 Å². The summed E-state index contributed by atoms with van der Waals surface area (Å²) in [6.07, 6.45) is 1.12. The summed E-state index contributed by atoms with van der Waals surface area (Å²) in [4.78, 5) is 13.2. The van der Waals surface area contributed by atoms with Crippen LogP contribution in [0.4, 0.5) is 0 Å². The Morgan fingerprint density at radius 2 is 1.62 bits per heavy atom. The molecule has 0 unspecified atom stereocenters. The first kappa shape index (κ1) is 24.2. The molecule has 0 radical (unpaired) electrons. The Labute approximate surface area is 188 Å². The van der Waals surface area contributed by atoms with Gasteiger partial charge in [-0.3, -0.25) is 4.79 Å². The quantitative estimate of drug-likeness (QED) is 0.637. The Morgan fingerprint density at radius 1 is 1.03 bits per heavy atom. The lowest BCUT2D eigenvalue weighted by atomic mass is 10.1. The lowest BCUT2D eigenvalue weighted by molar-refractivity contribution is 0.0730. The third-order valence-electron chi connectivity index (χ3n) is 5.18. The minimum absolute atomic E-state index is 0.00416. The minimum Gasteiger partial charge on any atom is -0.496 e. The van der Waals surface area contributed by atoms with Crippen LogP contribution >= 0.6 is 0 Å². The predicted molar refractivity (Wildman–Crippen MR) is 118 cm³/mol. The smallest absolute Gasteiger partial charge is 0.255 e. The number of rotatable bonds is 7. The number of carbonyl (C=O) groups excluding carboxylic acids is 1. The van der Waals surface area contributed by atoms with Crippen LogP contribution in [-0.4, -0.2) is 66.7 Å². The van der Waals surface area contributed by atoms with E-state index >= 15 is 0 Å². The second-order valence-corrected chi connectivity index (χ2v) is 11.4.